The molecule has 0 bridgehead atoms. The van der Waals surface area contributed by atoms with Crippen LogP contribution in [0.1, 0.15) is 11.6 Å². The van der Waals surface area contributed by atoms with Crippen LogP contribution in [-0.2, 0) is 0 Å². The molecule has 0 fully saturated rings. The average Bonchev–Trinajstić information content (AvgIpc) is 2.03. The van der Waals surface area contributed by atoms with Gasteiger partial charge in [-0.3, -0.25) is 0 Å². The molecule has 0 radical (unpaired) electrons. The summed E-state index contributed by atoms with van der Waals surface area (Å²) in [6.07, 6.45) is -2.98. The van der Waals surface area contributed by atoms with Gasteiger partial charge in [0.25, 0.3) is 6.43 Å². The Balaban J connectivity index is 0.00000169. The maximum absolute atomic E-state index is 12.8. The molecule has 6 heteroatoms. The van der Waals surface area contributed by atoms with E-state index in [0.29, 0.717) is 0 Å². The Bertz CT molecular complexity index is 285. The lowest BCUT2D eigenvalue weighted by atomic mass is 10.1. The normalized spacial score (nSPS) is 12.4. The highest BCUT2D eigenvalue weighted by Crippen LogP contribution is 2.23. The zero-order chi connectivity index (χ0) is 10.0. The summed E-state index contributed by atoms with van der Waals surface area (Å²) in [6.45, 7) is 0. The molecule has 0 spiro atoms. The summed E-state index contributed by atoms with van der Waals surface area (Å²) in [5.41, 5.74) is 4.14. The molecule has 1 atom stereocenters. The van der Waals surface area contributed by atoms with Gasteiger partial charge in [-0.25, -0.2) is 17.6 Å². The van der Waals surface area contributed by atoms with Crippen LogP contribution in [-0.4, -0.2) is 6.43 Å². The summed E-state index contributed by atoms with van der Waals surface area (Å²) in [4.78, 5) is 0. The minimum atomic E-state index is -2.98. The van der Waals surface area contributed by atoms with Gasteiger partial charge < -0.3 is 5.73 Å². The van der Waals surface area contributed by atoms with Crippen LogP contribution in [0.2, 0.25) is 0 Å². The Morgan fingerprint density at radius 2 is 1.50 bits per heavy atom. The van der Waals surface area contributed by atoms with E-state index < -0.39 is 29.7 Å². The molecule has 0 aliphatic heterocycles. The largest absolute Gasteiger partial charge is 0.319 e. The van der Waals surface area contributed by atoms with Gasteiger partial charge in [0.05, 0.1) is 6.04 Å². The van der Waals surface area contributed by atoms with Gasteiger partial charge in [0.1, 0.15) is 11.6 Å². The topological polar surface area (TPSA) is 26.0 Å². The molecule has 0 saturated carbocycles. The van der Waals surface area contributed by atoms with Crippen LogP contribution in [0.5, 0.6) is 0 Å². The van der Waals surface area contributed by atoms with E-state index in [0.717, 1.165) is 18.2 Å². The highest BCUT2D eigenvalue weighted by atomic mass is 35.5. The predicted octanol–water partition coefficient (Wildman–Crippen LogP) is 2.65. The fourth-order valence-electron chi connectivity index (χ4n) is 0.955. The minimum Gasteiger partial charge on any atom is -0.319 e. The molecule has 0 amide bonds. The maximum atomic E-state index is 12.8. The third-order valence-electron chi connectivity index (χ3n) is 1.60. The van der Waals surface area contributed by atoms with Crippen LogP contribution in [0, 0.1) is 11.6 Å². The fraction of sp³-hybridized carbons (Fsp3) is 0.250. The van der Waals surface area contributed by atoms with Gasteiger partial charge in [0, 0.05) is 5.56 Å². The molecule has 0 aliphatic carbocycles. The number of hydrogen-bond donors (Lipinski definition) is 1. The van der Waals surface area contributed by atoms with Crippen molar-refractivity contribution in [3.8, 4) is 0 Å². The van der Waals surface area contributed by atoms with Crippen molar-refractivity contribution in [3.05, 3.63) is 35.4 Å². The first-order valence-corrected chi connectivity index (χ1v) is 3.51. The molecule has 0 aromatic heterocycles. The number of hydrogen-bond acceptors (Lipinski definition) is 1. The van der Waals surface area contributed by atoms with E-state index in [2.05, 4.69) is 0 Å². The van der Waals surface area contributed by atoms with Crippen LogP contribution in [0.3, 0.4) is 0 Å². The lowest BCUT2D eigenvalue weighted by Gasteiger charge is -2.12. The van der Waals surface area contributed by atoms with Crippen LogP contribution >= 0.6 is 12.4 Å². The Morgan fingerprint density at radius 1 is 1.07 bits per heavy atom. The third-order valence-corrected chi connectivity index (χ3v) is 1.60. The molecule has 14 heavy (non-hydrogen) atoms. The Kier molecular flexibility index (Phi) is 4.87. The average molecular weight is 230 g/mol. The summed E-state index contributed by atoms with van der Waals surface area (Å²) < 4.78 is 49.6. The van der Waals surface area contributed by atoms with Crippen LogP contribution in [0.25, 0.3) is 0 Å². The van der Waals surface area contributed by atoms with E-state index in [1.165, 1.54) is 0 Å². The standard InChI is InChI=1S/C8H7F4N.ClH/c9-4-2-1-3-5(10)6(4)7(13)8(11)12;/h1-3,7-8H,13H2;1H/t7-;/m0./s1. The summed E-state index contributed by atoms with van der Waals surface area (Å²) in [5, 5.41) is 0. The molecule has 1 aromatic rings. The van der Waals surface area contributed by atoms with Crippen LogP contribution < -0.4 is 5.73 Å². The highest BCUT2D eigenvalue weighted by Gasteiger charge is 2.24. The quantitative estimate of drug-likeness (QED) is 0.776. The first kappa shape index (κ1) is 13.2. The number of halogens is 5. The first-order chi connectivity index (χ1) is 6.04. The van der Waals surface area contributed by atoms with Crippen molar-refractivity contribution in [2.45, 2.75) is 12.5 Å². The molecule has 1 nitrogen and oxygen atoms in total. The monoisotopic (exact) mass is 229 g/mol. The maximum Gasteiger partial charge on any atom is 0.257 e. The van der Waals surface area contributed by atoms with E-state index >= 15 is 0 Å². The zero-order valence-electron chi connectivity index (χ0n) is 6.88. The lowest BCUT2D eigenvalue weighted by molar-refractivity contribution is 0.113. The number of alkyl halides is 2. The van der Waals surface area contributed by atoms with Crippen molar-refractivity contribution < 1.29 is 17.6 Å². The van der Waals surface area contributed by atoms with Gasteiger partial charge in [0.2, 0.25) is 0 Å². The Labute approximate surface area is 84.3 Å². The van der Waals surface area contributed by atoms with E-state index in [9.17, 15) is 17.6 Å². The van der Waals surface area contributed by atoms with Crippen molar-refractivity contribution in [2.24, 2.45) is 5.73 Å². The van der Waals surface area contributed by atoms with E-state index in [4.69, 9.17) is 5.73 Å². The summed E-state index contributed by atoms with van der Waals surface area (Å²) >= 11 is 0. The second kappa shape index (κ2) is 5.17. The molecule has 0 unspecified atom stereocenters. The molecule has 2 N–H and O–H groups in total. The van der Waals surface area contributed by atoms with Crippen LogP contribution in [0.4, 0.5) is 17.6 Å². The Morgan fingerprint density at radius 3 is 1.86 bits per heavy atom. The molecular weight excluding hydrogens is 222 g/mol. The van der Waals surface area contributed by atoms with Crippen molar-refractivity contribution >= 4 is 12.4 Å². The van der Waals surface area contributed by atoms with E-state index in [-0.39, 0.29) is 12.4 Å². The molecule has 1 aromatic carbocycles. The summed E-state index contributed by atoms with van der Waals surface area (Å²) in [5.74, 6) is -2.10. The Hall–Kier alpha value is -0.810. The SMILES string of the molecule is Cl.N[C@@H](c1c(F)cccc1F)C(F)F. The van der Waals surface area contributed by atoms with Gasteiger partial charge in [-0.1, -0.05) is 6.07 Å². The number of benzene rings is 1. The van der Waals surface area contributed by atoms with Crippen LogP contribution in [0.15, 0.2) is 18.2 Å². The molecule has 0 heterocycles. The third kappa shape index (κ3) is 2.59. The van der Waals surface area contributed by atoms with Gasteiger partial charge in [0.15, 0.2) is 0 Å². The van der Waals surface area contributed by atoms with Crippen molar-refractivity contribution in [2.75, 3.05) is 0 Å². The minimum absolute atomic E-state index is 0. The predicted molar refractivity (Wildman–Crippen MR) is 46.5 cm³/mol. The molecule has 0 saturated heterocycles. The number of nitrogens with two attached hydrogens (primary N) is 1. The summed E-state index contributed by atoms with van der Waals surface area (Å²) in [6, 6.07) is 0.953. The fourth-order valence-corrected chi connectivity index (χ4v) is 0.955. The summed E-state index contributed by atoms with van der Waals surface area (Å²) in [7, 11) is 0. The highest BCUT2D eigenvalue weighted by molar-refractivity contribution is 5.85. The lowest BCUT2D eigenvalue weighted by Crippen LogP contribution is -2.21. The molecule has 0 aliphatic rings. The van der Waals surface area contributed by atoms with Crippen molar-refractivity contribution in [1.82, 2.24) is 0 Å². The molecule has 80 valence electrons. The number of rotatable bonds is 2. The van der Waals surface area contributed by atoms with Crippen molar-refractivity contribution in [3.63, 3.8) is 0 Å². The smallest absolute Gasteiger partial charge is 0.257 e. The van der Waals surface area contributed by atoms with Gasteiger partial charge >= 0.3 is 0 Å². The second-order valence-electron chi connectivity index (χ2n) is 2.50. The molecular formula is C8H8ClF4N. The van der Waals surface area contributed by atoms with Gasteiger partial charge in [-0.05, 0) is 12.1 Å². The van der Waals surface area contributed by atoms with Gasteiger partial charge in [-0.15, -0.1) is 12.4 Å². The van der Waals surface area contributed by atoms with E-state index in [1.807, 2.05) is 0 Å². The zero-order valence-corrected chi connectivity index (χ0v) is 7.70. The first-order valence-electron chi connectivity index (χ1n) is 3.51. The second-order valence-corrected chi connectivity index (χ2v) is 2.50. The van der Waals surface area contributed by atoms with E-state index in [1.54, 1.807) is 0 Å². The van der Waals surface area contributed by atoms with Crippen molar-refractivity contribution in [1.29, 1.82) is 0 Å². The molecule has 1 rings (SSSR count). The van der Waals surface area contributed by atoms with Gasteiger partial charge in [-0.2, -0.15) is 0 Å².